The Morgan fingerprint density at radius 1 is 1.45 bits per heavy atom. The number of nitrogens with zero attached hydrogens (tertiary/aromatic N) is 3. The Balaban J connectivity index is 1.70. The van der Waals surface area contributed by atoms with Gasteiger partial charge >= 0.3 is 0 Å². The summed E-state index contributed by atoms with van der Waals surface area (Å²) in [6.07, 6.45) is 4.27. The van der Waals surface area contributed by atoms with Crippen LogP contribution in [0.25, 0.3) is 0 Å². The van der Waals surface area contributed by atoms with Gasteiger partial charge in [-0.2, -0.15) is 16.7 Å². The fourth-order valence-corrected chi connectivity index (χ4v) is 3.81. The van der Waals surface area contributed by atoms with Gasteiger partial charge in [-0.3, -0.25) is 4.98 Å². The molecule has 106 valence electrons. The van der Waals surface area contributed by atoms with Crippen LogP contribution in [0.5, 0.6) is 0 Å². The van der Waals surface area contributed by atoms with E-state index in [2.05, 4.69) is 27.4 Å². The van der Waals surface area contributed by atoms with Crippen LogP contribution in [0.3, 0.4) is 0 Å². The normalized spacial score (nSPS) is 22.2. The Bertz CT molecular complexity index is 545. The summed E-state index contributed by atoms with van der Waals surface area (Å²) in [5.74, 6) is 3.99. The van der Waals surface area contributed by atoms with Crippen molar-refractivity contribution in [2.45, 2.75) is 25.3 Å². The van der Waals surface area contributed by atoms with Crippen LogP contribution in [0.1, 0.15) is 30.1 Å². The molecule has 3 heterocycles. The molecule has 5 nitrogen and oxygen atoms in total. The molecule has 0 saturated carbocycles. The number of pyridine rings is 1. The first-order valence-corrected chi connectivity index (χ1v) is 8.04. The molecule has 0 aromatic carbocycles. The summed E-state index contributed by atoms with van der Waals surface area (Å²) in [5.41, 5.74) is 1.10. The van der Waals surface area contributed by atoms with Crippen molar-refractivity contribution in [2.75, 3.05) is 18.1 Å². The maximum atomic E-state index is 5.46. The monoisotopic (exact) mass is 290 g/mol. The minimum atomic E-state index is 0.329. The highest BCUT2D eigenvalue weighted by Gasteiger charge is 2.32. The standard InChI is InChI=1S/C14H18N4OS/c1-2-16-12-9-20-8-11(12)14-17-13(18-19-14)6-10-4-3-5-15-7-10/h3-5,7,11-12,16H,2,6,8-9H2,1H3. The number of hydrogen-bond donors (Lipinski definition) is 1. The Labute approximate surface area is 122 Å². The maximum absolute atomic E-state index is 5.46. The van der Waals surface area contributed by atoms with Gasteiger partial charge in [0.1, 0.15) is 0 Å². The van der Waals surface area contributed by atoms with Gasteiger partial charge in [-0.15, -0.1) is 0 Å². The average Bonchev–Trinajstić information content (AvgIpc) is 3.09. The molecule has 2 unspecified atom stereocenters. The molecule has 0 amide bonds. The fourth-order valence-electron chi connectivity index (χ4n) is 2.44. The highest BCUT2D eigenvalue weighted by Crippen LogP contribution is 2.32. The van der Waals surface area contributed by atoms with Crippen LogP contribution in [0.2, 0.25) is 0 Å². The van der Waals surface area contributed by atoms with Gasteiger partial charge in [-0.05, 0) is 18.2 Å². The third kappa shape index (κ3) is 3.02. The van der Waals surface area contributed by atoms with Gasteiger partial charge in [0, 0.05) is 36.4 Å². The van der Waals surface area contributed by atoms with Crippen molar-refractivity contribution < 1.29 is 4.52 Å². The molecule has 0 aliphatic carbocycles. The molecule has 0 radical (unpaired) electrons. The van der Waals surface area contributed by atoms with E-state index in [9.17, 15) is 0 Å². The third-order valence-electron chi connectivity index (χ3n) is 3.43. The topological polar surface area (TPSA) is 63.8 Å². The van der Waals surface area contributed by atoms with Gasteiger partial charge in [0.25, 0.3) is 0 Å². The molecular formula is C14H18N4OS. The number of hydrogen-bond acceptors (Lipinski definition) is 6. The van der Waals surface area contributed by atoms with Crippen LogP contribution < -0.4 is 5.32 Å². The number of rotatable bonds is 5. The van der Waals surface area contributed by atoms with E-state index in [1.54, 1.807) is 6.20 Å². The molecule has 1 aliphatic rings. The largest absolute Gasteiger partial charge is 0.339 e. The molecule has 6 heteroatoms. The van der Waals surface area contributed by atoms with Crippen LogP contribution in [-0.4, -0.2) is 39.2 Å². The van der Waals surface area contributed by atoms with Crippen molar-refractivity contribution in [2.24, 2.45) is 0 Å². The molecule has 3 rings (SSSR count). The second kappa shape index (κ2) is 6.37. The predicted octanol–water partition coefficient (Wildman–Crippen LogP) is 1.86. The first-order valence-electron chi connectivity index (χ1n) is 6.89. The molecule has 1 fully saturated rings. The maximum Gasteiger partial charge on any atom is 0.232 e. The summed E-state index contributed by atoms with van der Waals surface area (Å²) < 4.78 is 5.46. The quantitative estimate of drug-likeness (QED) is 0.907. The molecule has 20 heavy (non-hydrogen) atoms. The molecule has 0 spiro atoms. The van der Waals surface area contributed by atoms with Gasteiger partial charge in [0.15, 0.2) is 5.82 Å². The molecule has 2 atom stereocenters. The van der Waals surface area contributed by atoms with Crippen LogP contribution >= 0.6 is 11.8 Å². The lowest BCUT2D eigenvalue weighted by Gasteiger charge is -2.15. The molecule has 1 saturated heterocycles. The summed E-state index contributed by atoms with van der Waals surface area (Å²) in [4.78, 5) is 8.66. The Kier molecular flexibility index (Phi) is 4.32. The van der Waals surface area contributed by atoms with E-state index in [0.29, 0.717) is 18.4 Å². The minimum Gasteiger partial charge on any atom is -0.339 e. The molecule has 2 aromatic rings. The summed E-state index contributed by atoms with van der Waals surface area (Å²) in [7, 11) is 0. The van der Waals surface area contributed by atoms with Crippen molar-refractivity contribution in [1.82, 2.24) is 20.4 Å². The third-order valence-corrected chi connectivity index (χ3v) is 4.62. The highest BCUT2D eigenvalue weighted by atomic mass is 32.2. The number of aromatic nitrogens is 3. The Morgan fingerprint density at radius 3 is 3.20 bits per heavy atom. The second-order valence-corrected chi connectivity index (χ2v) is 5.97. The van der Waals surface area contributed by atoms with Crippen molar-refractivity contribution in [1.29, 1.82) is 0 Å². The summed E-state index contributed by atoms with van der Waals surface area (Å²) >= 11 is 1.94. The van der Waals surface area contributed by atoms with E-state index >= 15 is 0 Å². The number of thioether (sulfide) groups is 1. The van der Waals surface area contributed by atoms with Crippen LogP contribution in [0.15, 0.2) is 29.0 Å². The highest BCUT2D eigenvalue weighted by molar-refractivity contribution is 7.99. The van der Waals surface area contributed by atoms with Gasteiger partial charge < -0.3 is 9.84 Å². The molecule has 1 aliphatic heterocycles. The Morgan fingerprint density at radius 2 is 2.40 bits per heavy atom. The van der Waals surface area contributed by atoms with Gasteiger partial charge in [-0.25, -0.2) is 0 Å². The van der Waals surface area contributed by atoms with Gasteiger partial charge in [0.2, 0.25) is 5.89 Å². The molecular weight excluding hydrogens is 272 g/mol. The SMILES string of the molecule is CCNC1CSCC1c1nc(Cc2cccnc2)no1. The predicted molar refractivity (Wildman–Crippen MR) is 78.9 cm³/mol. The first-order chi connectivity index (χ1) is 9.86. The van der Waals surface area contributed by atoms with Crippen LogP contribution in [-0.2, 0) is 6.42 Å². The number of nitrogens with one attached hydrogen (secondary N) is 1. The van der Waals surface area contributed by atoms with E-state index in [1.807, 2.05) is 30.1 Å². The zero-order valence-corrected chi connectivity index (χ0v) is 12.3. The van der Waals surface area contributed by atoms with Crippen molar-refractivity contribution in [3.63, 3.8) is 0 Å². The van der Waals surface area contributed by atoms with E-state index in [-0.39, 0.29) is 0 Å². The lowest BCUT2D eigenvalue weighted by molar-refractivity contribution is 0.338. The molecule has 0 bridgehead atoms. The smallest absolute Gasteiger partial charge is 0.232 e. The van der Waals surface area contributed by atoms with Crippen LogP contribution in [0, 0.1) is 0 Å². The first kappa shape index (κ1) is 13.6. The molecule has 2 aromatic heterocycles. The Hall–Kier alpha value is -1.40. The van der Waals surface area contributed by atoms with E-state index < -0.39 is 0 Å². The summed E-state index contributed by atoms with van der Waals surface area (Å²) in [6, 6.07) is 4.39. The van der Waals surface area contributed by atoms with Gasteiger partial charge in [-0.1, -0.05) is 18.1 Å². The zero-order valence-electron chi connectivity index (χ0n) is 11.5. The van der Waals surface area contributed by atoms with Crippen molar-refractivity contribution in [3.8, 4) is 0 Å². The van der Waals surface area contributed by atoms with Crippen molar-refractivity contribution >= 4 is 11.8 Å². The molecule has 1 N–H and O–H groups in total. The second-order valence-electron chi connectivity index (χ2n) is 4.90. The lowest BCUT2D eigenvalue weighted by atomic mass is 10.0. The van der Waals surface area contributed by atoms with E-state index in [1.165, 1.54) is 0 Å². The average molecular weight is 290 g/mol. The van der Waals surface area contributed by atoms with Gasteiger partial charge in [0.05, 0.1) is 5.92 Å². The van der Waals surface area contributed by atoms with E-state index in [0.717, 1.165) is 35.3 Å². The van der Waals surface area contributed by atoms with Crippen molar-refractivity contribution in [3.05, 3.63) is 41.8 Å². The number of likely N-dealkylation sites (N-methyl/N-ethyl adjacent to an activating group) is 1. The van der Waals surface area contributed by atoms with E-state index in [4.69, 9.17) is 4.52 Å². The fraction of sp³-hybridized carbons (Fsp3) is 0.500. The minimum absolute atomic E-state index is 0.329. The summed E-state index contributed by atoms with van der Waals surface area (Å²) in [5, 5.41) is 7.59. The lowest BCUT2D eigenvalue weighted by Crippen LogP contribution is -2.34. The summed E-state index contributed by atoms with van der Waals surface area (Å²) in [6.45, 7) is 3.10. The van der Waals surface area contributed by atoms with Crippen LogP contribution in [0.4, 0.5) is 0 Å². The zero-order chi connectivity index (χ0) is 13.8.